The van der Waals surface area contributed by atoms with Crippen LogP contribution in [-0.4, -0.2) is 18.1 Å². The Morgan fingerprint density at radius 2 is 2.37 bits per heavy atom. The molecule has 4 heteroatoms. The topological polar surface area (TPSA) is 47.3 Å². The molecule has 4 nitrogen and oxygen atoms in total. The molecule has 1 aliphatic rings. The van der Waals surface area contributed by atoms with Crippen LogP contribution in [0.1, 0.15) is 22.9 Å². The lowest BCUT2D eigenvalue weighted by molar-refractivity contribution is 0.303. The molecule has 0 spiro atoms. The van der Waals surface area contributed by atoms with E-state index in [0.717, 1.165) is 42.6 Å². The molecule has 0 unspecified atom stereocenters. The second-order valence-corrected chi connectivity index (χ2v) is 4.82. The highest BCUT2D eigenvalue weighted by Crippen LogP contribution is 2.16. The van der Waals surface area contributed by atoms with E-state index in [1.54, 1.807) is 0 Å². The summed E-state index contributed by atoms with van der Waals surface area (Å²) in [5, 5.41) is 3.29. The minimum absolute atomic E-state index is 0.594. The van der Waals surface area contributed by atoms with Gasteiger partial charge in [-0.2, -0.15) is 0 Å². The van der Waals surface area contributed by atoms with E-state index in [4.69, 9.17) is 9.15 Å². The molecule has 19 heavy (non-hydrogen) atoms. The summed E-state index contributed by atoms with van der Waals surface area (Å²) in [4.78, 5) is 4.49. The molecular formula is C15H18N2O2. The third kappa shape index (κ3) is 2.96. The van der Waals surface area contributed by atoms with Crippen molar-refractivity contribution in [1.29, 1.82) is 0 Å². The number of aromatic nitrogens is 1. The van der Waals surface area contributed by atoms with Crippen LogP contribution in [0.25, 0.3) is 0 Å². The summed E-state index contributed by atoms with van der Waals surface area (Å²) < 4.78 is 11.4. The highest BCUT2D eigenvalue weighted by Gasteiger charge is 2.16. The molecule has 1 aromatic heterocycles. The predicted octanol–water partition coefficient (Wildman–Crippen LogP) is 2.25. The van der Waals surface area contributed by atoms with Crippen molar-refractivity contribution in [2.24, 2.45) is 0 Å². The quantitative estimate of drug-likeness (QED) is 0.913. The average Bonchev–Trinajstić information content (AvgIpc) is 2.81. The smallest absolute Gasteiger partial charge is 0.198 e. The van der Waals surface area contributed by atoms with Crippen LogP contribution in [0.5, 0.6) is 5.75 Å². The summed E-state index contributed by atoms with van der Waals surface area (Å²) in [6, 6.07) is 8.06. The first-order chi connectivity index (χ1) is 9.31. The fourth-order valence-electron chi connectivity index (χ4n) is 2.25. The van der Waals surface area contributed by atoms with Crippen LogP contribution in [-0.2, 0) is 19.4 Å². The Bertz CT molecular complexity index is 540. The molecule has 0 fully saturated rings. The van der Waals surface area contributed by atoms with Crippen LogP contribution in [0, 0.1) is 6.92 Å². The number of oxazole rings is 1. The zero-order chi connectivity index (χ0) is 13.1. The molecule has 0 atom stereocenters. The monoisotopic (exact) mass is 258 g/mol. The Morgan fingerprint density at radius 1 is 1.42 bits per heavy atom. The van der Waals surface area contributed by atoms with E-state index in [-0.39, 0.29) is 0 Å². The van der Waals surface area contributed by atoms with Crippen molar-refractivity contribution >= 4 is 0 Å². The van der Waals surface area contributed by atoms with Crippen molar-refractivity contribution in [3.05, 3.63) is 47.2 Å². The zero-order valence-corrected chi connectivity index (χ0v) is 11.1. The van der Waals surface area contributed by atoms with Crippen molar-refractivity contribution in [3.63, 3.8) is 0 Å². The van der Waals surface area contributed by atoms with Gasteiger partial charge in [-0.05, 0) is 24.6 Å². The lowest BCUT2D eigenvalue weighted by atomic mass is 10.2. The van der Waals surface area contributed by atoms with E-state index in [1.165, 1.54) is 5.56 Å². The molecule has 0 bridgehead atoms. The van der Waals surface area contributed by atoms with Crippen molar-refractivity contribution in [2.75, 3.05) is 13.2 Å². The van der Waals surface area contributed by atoms with Gasteiger partial charge < -0.3 is 14.5 Å². The molecule has 0 saturated carbocycles. The molecule has 1 aromatic carbocycles. The van der Waals surface area contributed by atoms with Gasteiger partial charge in [-0.1, -0.05) is 12.1 Å². The molecule has 2 aromatic rings. The van der Waals surface area contributed by atoms with Gasteiger partial charge >= 0.3 is 0 Å². The summed E-state index contributed by atoms with van der Waals surface area (Å²) in [6.45, 7) is 4.44. The molecule has 100 valence electrons. The molecule has 0 saturated heterocycles. The molecule has 3 rings (SSSR count). The Hall–Kier alpha value is -1.81. The van der Waals surface area contributed by atoms with Gasteiger partial charge in [0.05, 0.1) is 18.7 Å². The fourth-order valence-corrected chi connectivity index (χ4v) is 2.25. The van der Waals surface area contributed by atoms with E-state index in [9.17, 15) is 0 Å². The maximum absolute atomic E-state index is 5.74. The van der Waals surface area contributed by atoms with Crippen LogP contribution < -0.4 is 10.1 Å². The summed E-state index contributed by atoms with van der Waals surface area (Å²) >= 11 is 0. The Kier molecular flexibility index (Phi) is 3.51. The highest BCUT2D eigenvalue weighted by atomic mass is 16.5. The zero-order valence-electron chi connectivity index (χ0n) is 11.1. The molecule has 0 aliphatic carbocycles. The molecular weight excluding hydrogens is 240 g/mol. The second-order valence-electron chi connectivity index (χ2n) is 4.82. The van der Waals surface area contributed by atoms with Crippen LogP contribution in [0.4, 0.5) is 0 Å². The van der Waals surface area contributed by atoms with Gasteiger partial charge in [0.1, 0.15) is 11.5 Å². The molecule has 0 amide bonds. The standard InChI is InChI=1S/C15H18N2O2/c1-11-3-2-4-12(9-11)18-8-6-15-17-13-10-16-7-5-14(13)19-15/h2-4,9,16H,5-8,10H2,1H3. The minimum atomic E-state index is 0.594. The van der Waals surface area contributed by atoms with Crippen LogP contribution in [0.15, 0.2) is 28.7 Å². The first-order valence-electron chi connectivity index (χ1n) is 6.69. The Labute approximate surface area is 112 Å². The highest BCUT2D eigenvalue weighted by molar-refractivity contribution is 5.27. The summed E-state index contributed by atoms with van der Waals surface area (Å²) in [7, 11) is 0. The number of ether oxygens (including phenoxy) is 1. The van der Waals surface area contributed by atoms with Gasteiger partial charge in [0.15, 0.2) is 5.89 Å². The molecule has 2 heterocycles. The first-order valence-corrected chi connectivity index (χ1v) is 6.69. The number of rotatable bonds is 4. The van der Waals surface area contributed by atoms with Crippen molar-refractivity contribution in [2.45, 2.75) is 26.3 Å². The Balaban J connectivity index is 1.56. The number of fused-ring (bicyclic) bond motifs is 1. The third-order valence-electron chi connectivity index (χ3n) is 3.22. The van der Waals surface area contributed by atoms with Gasteiger partial charge in [-0.25, -0.2) is 4.98 Å². The van der Waals surface area contributed by atoms with Crippen LogP contribution >= 0.6 is 0 Å². The van der Waals surface area contributed by atoms with Crippen LogP contribution in [0.2, 0.25) is 0 Å². The molecule has 1 aliphatic heterocycles. The third-order valence-corrected chi connectivity index (χ3v) is 3.22. The van der Waals surface area contributed by atoms with Gasteiger partial charge in [0, 0.05) is 19.5 Å². The SMILES string of the molecule is Cc1cccc(OCCc2nc3c(o2)CCNC3)c1. The Morgan fingerprint density at radius 3 is 3.21 bits per heavy atom. The first kappa shape index (κ1) is 12.2. The normalized spacial score (nSPS) is 14.2. The van der Waals surface area contributed by atoms with Crippen molar-refractivity contribution < 1.29 is 9.15 Å². The average molecular weight is 258 g/mol. The summed E-state index contributed by atoms with van der Waals surface area (Å²) in [6.07, 6.45) is 1.64. The van der Waals surface area contributed by atoms with Crippen LogP contribution in [0.3, 0.4) is 0 Å². The van der Waals surface area contributed by atoms with Crippen molar-refractivity contribution in [1.82, 2.24) is 10.3 Å². The van der Waals surface area contributed by atoms with E-state index in [1.807, 2.05) is 18.2 Å². The van der Waals surface area contributed by atoms with Crippen molar-refractivity contribution in [3.8, 4) is 5.75 Å². The number of hydrogen-bond donors (Lipinski definition) is 1. The lowest BCUT2D eigenvalue weighted by Crippen LogP contribution is -2.22. The van der Waals surface area contributed by atoms with Gasteiger partial charge in [0.25, 0.3) is 0 Å². The number of hydrogen-bond acceptors (Lipinski definition) is 4. The second kappa shape index (κ2) is 5.45. The maximum Gasteiger partial charge on any atom is 0.198 e. The van der Waals surface area contributed by atoms with E-state index >= 15 is 0 Å². The number of benzene rings is 1. The van der Waals surface area contributed by atoms with Gasteiger partial charge in [0.2, 0.25) is 0 Å². The van der Waals surface area contributed by atoms with E-state index in [0.29, 0.717) is 13.0 Å². The number of nitrogens with one attached hydrogen (secondary N) is 1. The summed E-state index contributed by atoms with van der Waals surface area (Å²) in [5.74, 6) is 2.71. The van der Waals surface area contributed by atoms with Gasteiger partial charge in [-0.15, -0.1) is 0 Å². The van der Waals surface area contributed by atoms with Gasteiger partial charge in [-0.3, -0.25) is 0 Å². The number of nitrogens with zero attached hydrogens (tertiary/aromatic N) is 1. The lowest BCUT2D eigenvalue weighted by Gasteiger charge is -2.08. The molecule has 0 radical (unpaired) electrons. The largest absolute Gasteiger partial charge is 0.493 e. The van der Waals surface area contributed by atoms with E-state index in [2.05, 4.69) is 23.3 Å². The van der Waals surface area contributed by atoms with E-state index < -0.39 is 0 Å². The summed E-state index contributed by atoms with van der Waals surface area (Å²) in [5.41, 5.74) is 2.26. The minimum Gasteiger partial charge on any atom is -0.493 e. The maximum atomic E-state index is 5.74. The fraction of sp³-hybridized carbons (Fsp3) is 0.400. The predicted molar refractivity (Wildman–Crippen MR) is 72.3 cm³/mol. The molecule has 1 N–H and O–H groups in total. The number of aryl methyl sites for hydroxylation is 1.